The quantitative estimate of drug-likeness (QED) is 0.478. The number of aromatic nitrogens is 2. The van der Waals surface area contributed by atoms with Gasteiger partial charge in [0, 0.05) is 18.2 Å². The molecule has 164 valence electrons. The summed E-state index contributed by atoms with van der Waals surface area (Å²) in [6, 6.07) is 9.87. The lowest BCUT2D eigenvalue weighted by Crippen LogP contribution is -2.31. The van der Waals surface area contributed by atoms with Gasteiger partial charge >= 0.3 is 5.69 Å². The van der Waals surface area contributed by atoms with Crippen LogP contribution >= 0.6 is 0 Å². The van der Waals surface area contributed by atoms with E-state index in [-0.39, 0.29) is 30.1 Å². The van der Waals surface area contributed by atoms with Crippen LogP contribution in [0, 0.1) is 10.1 Å². The third-order valence-corrected chi connectivity index (χ3v) is 5.98. The van der Waals surface area contributed by atoms with E-state index >= 15 is 0 Å². The maximum atomic E-state index is 13.5. The van der Waals surface area contributed by atoms with Crippen LogP contribution in [0.25, 0.3) is 11.0 Å². The molecule has 1 aliphatic rings. The van der Waals surface area contributed by atoms with Crippen molar-refractivity contribution >= 4 is 16.7 Å². The zero-order valence-electron chi connectivity index (χ0n) is 17.5. The van der Waals surface area contributed by atoms with Crippen LogP contribution in [0.15, 0.2) is 41.2 Å². The molecule has 9 nitrogen and oxygen atoms in total. The van der Waals surface area contributed by atoms with Crippen molar-refractivity contribution in [2.24, 2.45) is 0 Å². The van der Waals surface area contributed by atoms with Crippen LogP contribution in [-0.2, 0) is 6.54 Å². The number of aliphatic hydroxyl groups is 1. The Labute approximate surface area is 178 Å². The molecule has 2 aromatic carbocycles. The number of imidazole rings is 1. The highest BCUT2D eigenvalue weighted by Gasteiger charge is 2.26. The van der Waals surface area contributed by atoms with E-state index in [1.54, 1.807) is 41.6 Å². The van der Waals surface area contributed by atoms with Crippen LogP contribution in [-0.4, -0.2) is 39.5 Å². The van der Waals surface area contributed by atoms with Crippen molar-refractivity contribution in [2.75, 3.05) is 14.2 Å². The second kappa shape index (κ2) is 8.43. The first-order valence-electron chi connectivity index (χ1n) is 10.2. The van der Waals surface area contributed by atoms with Crippen molar-refractivity contribution in [1.29, 1.82) is 0 Å². The van der Waals surface area contributed by atoms with Gasteiger partial charge in [0.05, 0.1) is 42.8 Å². The Kier molecular flexibility index (Phi) is 5.69. The normalized spacial score (nSPS) is 18.8. The molecule has 0 aliphatic heterocycles. The molecular formula is C22H25N3O6. The summed E-state index contributed by atoms with van der Waals surface area (Å²) in [6.07, 6.45) is 2.30. The lowest BCUT2D eigenvalue weighted by Gasteiger charge is -2.26. The highest BCUT2D eigenvalue weighted by atomic mass is 16.6. The molecule has 0 amide bonds. The van der Waals surface area contributed by atoms with E-state index in [0.717, 1.165) is 5.56 Å². The van der Waals surface area contributed by atoms with Gasteiger partial charge in [-0.1, -0.05) is 6.07 Å². The fraction of sp³-hybridized carbons (Fsp3) is 0.409. The summed E-state index contributed by atoms with van der Waals surface area (Å²) in [4.78, 5) is 24.4. The van der Waals surface area contributed by atoms with Crippen molar-refractivity contribution in [3.63, 3.8) is 0 Å². The third-order valence-electron chi connectivity index (χ3n) is 5.98. The van der Waals surface area contributed by atoms with Crippen LogP contribution in [0.3, 0.4) is 0 Å². The summed E-state index contributed by atoms with van der Waals surface area (Å²) >= 11 is 0. The molecule has 0 unspecified atom stereocenters. The maximum absolute atomic E-state index is 13.5. The Morgan fingerprint density at radius 2 is 1.74 bits per heavy atom. The zero-order valence-corrected chi connectivity index (χ0v) is 17.5. The molecule has 0 bridgehead atoms. The van der Waals surface area contributed by atoms with Gasteiger partial charge in [0.25, 0.3) is 5.69 Å². The van der Waals surface area contributed by atoms with Gasteiger partial charge in [0.1, 0.15) is 0 Å². The fourth-order valence-electron chi connectivity index (χ4n) is 4.37. The van der Waals surface area contributed by atoms with Gasteiger partial charge in [0.15, 0.2) is 11.5 Å². The second-order valence-corrected chi connectivity index (χ2v) is 7.82. The molecule has 3 aromatic rings. The monoisotopic (exact) mass is 427 g/mol. The molecule has 1 saturated carbocycles. The Morgan fingerprint density at radius 1 is 1.03 bits per heavy atom. The van der Waals surface area contributed by atoms with E-state index in [9.17, 15) is 20.0 Å². The number of non-ortho nitro benzene ring substituents is 1. The highest BCUT2D eigenvalue weighted by molar-refractivity contribution is 5.79. The Morgan fingerprint density at radius 3 is 2.39 bits per heavy atom. The predicted molar refractivity (Wildman–Crippen MR) is 115 cm³/mol. The molecule has 1 aliphatic carbocycles. The largest absolute Gasteiger partial charge is 0.493 e. The van der Waals surface area contributed by atoms with Crippen molar-refractivity contribution < 1.29 is 19.5 Å². The topological polar surface area (TPSA) is 109 Å². The van der Waals surface area contributed by atoms with Crippen LogP contribution in [0.2, 0.25) is 0 Å². The maximum Gasteiger partial charge on any atom is 0.329 e. The Bertz CT molecular complexity index is 1170. The number of aliphatic hydroxyl groups excluding tert-OH is 1. The van der Waals surface area contributed by atoms with Crippen molar-refractivity contribution in [3.8, 4) is 11.5 Å². The average Bonchev–Trinajstić information content (AvgIpc) is 3.05. The number of rotatable bonds is 6. The summed E-state index contributed by atoms with van der Waals surface area (Å²) in [5, 5.41) is 21.2. The first-order chi connectivity index (χ1) is 14.9. The number of nitro benzene ring substituents is 1. The lowest BCUT2D eigenvalue weighted by molar-refractivity contribution is -0.384. The number of nitrogens with zero attached hydrogens (tertiary/aromatic N) is 3. The number of nitro groups is 1. The molecule has 4 rings (SSSR count). The minimum absolute atomic E-state index is 0.0495. The number of methoxy groups -OCH3 is 2. The number of benzene rings is 2. The van der Waals surface area contributed by atoms with E-state index in [1.165, 1.54) is 12.1 Å². The first kappa shape index (κ1) is 20.9. The van der Waals surface area contributed by atoms with Gasteiger partial charge in [-0.2, -0.15) is 0 Å². The fourth-order valence-corrected chi connectivity index (χ4v) is 4.37. The summed E-state index contributed by atoms with van der Waals surface area (Å²) in [7, 11) is 3.09. The summed E-state index contributed by atoms with van der Waals surface area (Å²) in [6.45, 7) is 0.235. The molecule has 0 spiro atoms. The first-order valence-corrected chi connectivity index (χ1v) is 10.2. The standard InChI is InChI=1S/C22H25N3O6/c1-30-20-10-3-14(11-21(20)31-2)13-23-19-12-16(25(28)29)6-9-18(19)24(22(23)27)15-4-7-17(26)8-5-15/h3,6,9-12,15,17,26H,4-5,7-8,13H2,1-2H3/t15-,17-. The molecule has 1 aromatic heterocycles. The van der Waals surface area contributed by atoms with Gasteiger partial charge < -0.3 is 14.6 Å². The van der Waals surface area contributed by atoms with Crippen molar-refractivity contribution in [2.45, 2.75) is 44.4 Å². The molecule has 1 heterocycles. The molecule has 1 N–H and O–H groups in total. The van der Waals surface area contributed by atoms with Crippen molar-refractivity contribution in [1.82, 2.24) is 9.13 Å². The van der Waals surface area contributed by atoms with Gasteiger partial charge in [0.2, 0.25) is 0 Å². The van der Waals surface area contributed by atoms with E-state index in [2.05, 4.69) is 0 Å². The molecule has 31 heavy (non-hydrogen) atoms. The molecule has 0 radical (unpaired) electrons. The van der Waals surface area contributed by atoms with Gasteiger partial charge in [-0.15, -0.1) is 0 Å². The predicted octanol–water partition coefficient (Wildman–Crippen LogP) is 3.25. The number of hydrogen-bond acceptors (Lipinski definition) is 6. The molecule has 9 heteroatoms. The zero-order chi connectivity index (χ0) is 22.1. The summed E-state index contributed by atoms with van der Waals surface area (Å²) < 4.78 is 13.9. The van der Waals surface area contributed by atoms with Gasteiger partial charge in [-0.3, -0.25) is 19.2 Å². The molecule has 0 saturated heterocycles. The van der Waals surface area contributed by atoms with E-state index in [0.29, 0.717) is 48.2 Å². The van der Waals surface area contributed by atoms with Gasteiger partial charge in [-0.05, 0) is 49.4 Å². The second-order valence-electron chi connectivity index (χ2n) is 7.82. The molecule has 1 fully saturated rings. The summed E-state index contributed by atoms with van der Waals surface area (Å²) in [5.41, 5.74) is 1.71. The Balaban J connectivity index is 1.83. The lowest BCUT2D eigenvalue weighted by atomic mass is 9.93. The van der Waals surface area contributed by atoms with Crippen LogP contribution in [0.1, 0.15) is 37.3 Å². The number of ether oxygens (including phenoxy) is 2. The minimum atomic E-state index is -0.459. The van der Waals surface area contributed by atoms with Crippen molar-refractivity contribution in [3.05, 3.63) is 62.6 Å². The van der Waals surface area contributed by atoms with Crippen LogP contribution in [0.4, 0.5) is 5.69 Å². The van der Waals surface area contributed by atoms with Gasteiger partial charge in [-0.25, -0.2) is 4.79 Å². The van der Waals surface area contributed by atoms with Crippen LogP contribution in [0.5, 0.6) is 11.5 Å². The van der Waals surface area contributed by atoms with E-state index in [4.69, 9.17) is 9.47 Å². The SMILES string of the molecule is COc1ccc(Cn2c(=O)n([C@H]3CC[C@H](O)CC3)c3ccc([N+](=O)[O-])cc32)cc1OC. The van der Waals surface area contributed by atoms with E-state index in [1.807, 2.05) is 6.07 Å². The van der Waals surface area contributed by atoms with Crippen LogP contribution < -0.4 is 15.2 Å². The minimum Gasteiger partial charge on any atom is -0.493 e. The highest BCUT2D eigenvalue weighted by Crippen LogP contribution is 2.32. The molecular weight excluding hydrogens is 402 g/mol. The Hall–Kier alpha value is -3.33. The smallest absolute Gasteiger partial charge is 0.329 e. The average molecular weight is 427 g/mol. The molecule has 0 atom stereocenters. The third kappa shape index (κ3) is 3.88. The number of hydrogen-bond donors (Lipinski definition) is 1. The number of fused-ring (bicyclic) bond motifs is 1. The van der Waals surface area contributed by atoms with E-state index < -0.39 is 4.92 Å². The summed E-state index contributed by atoms with van der Waals surface area (Å²) in [5.74, 6) is 1.13.